The van der Waals surface area contributed by atoms with Gasteiger partial charge in [-0.1, -0.05) is 25.1 Å². The lowest BCUT2D eigenvalue weighted by Crippen LogP contribution is -2.41. The highest BCUT2D eigenvalue weighted by Gasteiger charge is 2.25. The van der Waals surface area contributed by atoms with E-state index < -0.39 is 0 Å². The van der Waals surface area contributed by atoms with Crippen molar-refractivity contribution < 1.29 is 8.93 Å². The second-order valence-electron chi connectivity index (χ2n) is 6.36. The number of nitrogens with zero attached hydrogens (tertiary/aromatic N) is 1. The average Bonchev–Trinajstić information content (AvgIpc) is 3.19. The number of rotatable bonds is 7. The van der Waals surface area contributed by atoms with E-state index in [0.717, 1.165) is 18.6 Å². The number of benzene rings is 1. The Hall–Kier alpha value is -0.880. The van der Waals surface area contributed by atoms with Gasteiger partial charge in [0, 0.05) is 17.5 Å². The molecule has 0 saturated carbocycles. The van der Waals surface area contributed by atoms with E-state index >= 15 is 0 Å². The van der Waals surface area contributed by atoms with Crippen LogP contribution in [0.15, 0.2) is 35.7 Å². The average molecular weight is 426 g/mol. The molecular formula is C20H28BrNO2S. The molecule has 1 atom stereocenters. The summed E-state index contributed by atoms with van der Waals surface area (Å²) in [6.45, 7) is 4.67. The van der Waals surface area contributed by atoms with Gasteiger partial charge in [0.15, 0.2) is 0 Å². The molecule has 0 radical (unpaired) electrons. The van der Waals surface area contributed by atoms with Gasteiger partial charge >= 0.3 is 0 Å². The molecule has 0 bridgehead atoms. The zero-order chi connectivity index (χ0) is 18.1. The molecule has 138 valence electrons. The van der Waals surface area contributed by atoms with E-state index in [1.165, 1.54) is 48.4 Å². The van der Waals surface area contributed by atoms with Gasteiger partial charge in [-0.3, -0.25) is 4.90 Å². The first-order chi connectivity index (χ1) is 12.3. The van der Waals surface area contributed by atoms with E-state index in [0.29, 0.717) is 6.04 Å². The molecule has 1 aromatic heterocycles. The number of ether oxygens (including phenoxy) is 1. The smallest absolute Gasteiger partial charge is 0.122 e. The largest absolute Gasteiger partial charge is 0.496 e. The predicted molar refractivity (Wildman–Crippen MR) is 110 cm³/mol. The van der Waals surface area contributed by atoms with Gasteiger partial charge in [-0.15, -0.1) is 11.3 Å². The Morgan fingerprint density at radius 3 is 2.76 bits per heavy atom. The topological polar surface area (TPSA) is 32.7 Å². The lowest BCUT2D eigenvalue weighted by atomic mass is 9.86. The minimum atomic E-state index is 0.675. The summed E-state index contributed by atoms with van der Waals surface area (Å²) in [7, 11) is 1.78. The van der Waals surface area contributed by atoms with Gasteiger partial charge in [0.05, 0.1) is 23.4 Å². The fourth-order valence-corrected chi connectivity index (χ4v) is 4.43. The summed E-state index contributed by atoms with van der Waals surface area (Å²) in [5, 5.41) is 2.18. The molecule has 5 heteroatoms. The second-order valence-corrected chi connectivity index (χ2v) is 7.39. The van der Waals surface area contributed by atoms with Crippen LogP contribution in [0.1, 0.15) is 35.8 Å². The third-order valence-electron chi connectivity index (χ3n) is 4.89. The molecule has 0 amide bonds. The van der Waals surface area contributed by atoms with Crippen molar-refractivity contribution in [1.82, 2.24) is 4.90 Å². The van der Waals surface area contributed by atoms with Crippen molar-refractivity contribution in [3.63, 3.8) is 0 Å². The molecule has 3 rings (SSSR count). The summed E-state index contributed by atoms with van der Waals surface area (Å²) in [4.78, 5) is 4.21. The van der Waals surface area contributed by atoms with Gasteiger partial charge in [-0.25, -0.2) is 0 Å². The third-order valence-corrected chi connectivity index (χ3v) is 5.82. The normalized spacial score (nSPS) is 16.1. The summed E-state index contributed by atoms with van der Waals surface area (Å²) in [6.07, 6.45) is 5.96. The molecule has 1 heterocycles. The number of halogens is 1. The van der Waals surface area contributed by atoms with Crippen molar-refractivity contribution in [3.05, 3.63) is 51.7 Å². The van der Waals surface area contributed by atoms with Crippen LogP contribution in [0, 0.1) is 0 Å². The number of fused-ring (bicyclic) bond motifs is 1. The van der Waals surface area contributed by atoms with Gasteiger partial charge < -0.3 is 8.93 Å². The van der Waals surface area contributed by atoms with E-state index in [9.17, 15) is 0 Å². The van der Waals surface area contributed by atoms with Crippen LogP contribution in [0.3, 0.4) is 0 Å². The van der Waals surface area contributed by atoms with Crippen molar-refractivity contribution in [3.8, 4) is 5.75 Å². The fraction of sp³-hybridized carbons (Fsp3) is 0.500. The molecule has 1 N–H and O–H groups in total. The zero-order valence-electron chi connectivity index (χ0n) is 15.1. The van der Waals surface area contributed by atoms with Crippen molar-refractivity contribution in [2.45, 2.75) is 45.1 Å². The molecule has 1 aromatic carbocycles. The molecule has 25 heavy (non-hydrogen) atoms. The predicted octanol–water partition coefficient (Wildman–Crippen LogP) is 4.86. The number of hydrogen-bond donors (Lipinski definition) is 1. The summed E-state index contributed by atoms with van der Waals surface area (Å²) in [5.41, 5.74) is 2.92. The first kappa shape index (κ1) is 20.4. The van der Waals surface area contributed by atoms with E-state index in [2.05, 4.69) is 47.5 Å². The molecule has 0 fully saturated rings. The Bertz CT molecular complexity index is 618. The van der Waals surface area contributed by atoms with Gasteiger partial charge in [0.25, 0.3) is 0 Å². The monoisotopic (exact) mass is 425 g/mol. The first-order valence-electron chi connectivity index (χ1n) is 8.90. The summed E-state index contributed by atoms with van der Waals surface area (Å²) in [6, 6.07) is 11.6. The SMILES string of the molecule is CCCN(CCc1cccs1)[C@H]1CCc2c(cccc2OC)C1.OBr. The van der Waals surface area contributed by atoms with Crippen LogP contribution in [-0.2, 0) is 19.3 Å². The Labute approximate surface area is 164 Å². The van der Waals surface area contributed by atoms with Crippen molar-refractivity contribution in [1.29, 1.82) is 0 Å². The zero-order valence-corrected chi connectivity index (χ0v) is 17.5. The maximum Gasteiger partial charge on any atom is 0.122 e. The Kier molecular flexibility index (Phi) is 8.96. The minimum absolute atomic E-state index is 0.675. The molecule has 1 aliphatic rings. The van der Waals surface area contributed by atoms with Gasteiger partial charge in [0.1, 0.15) is 5.75 Å². The van der Waals surface area contributed by atoms with Crippen LogP contribution in [0.25, 0.3) is 0 Å². The van der Waals surface area contributed by atoms with Crippen LogP contribution in [-0.4, -0.2) is 35.3 Å². The summed E-state index contributed by atoms with van der Waals surface area (Å²) < 4.78 is 12.4. The molecular weight excluding hydrogens is 398 g/mol. The standard InChI is InChI=1S/C20H27NOS.BrHO/c1-3-12-21(13-11-18-7-5-14-23-18)17-9-10-19-16(15-17)6-4-8-20(19)22-2;1-2/h4-8,14,17H,3,9-13,15H2,1-2H3;2H/t17-;/m0./s1. The maximum absolute atomic E-state index is 6.81. The van der Waals surface area contributed by atoms with Crippen LogP contribution in [0.5, 0.6) is 5.75 Å². The molecule has 2 aromatic rings. The van der Waals surface area contributed by atoms with Gasteiger partial charge in [-0.2, -0.15) is 0 Å². The highest BCUT2D eigenvalue weighted by atomic mass is 79.9. The highest BCUT2D eigenvalue weighted by Crippen LogP contribution is 2.31. The Morgan fingerprint density at radius 1 is 1.24 bits per heavy atom. The number of hydrogen-bond acceptors (Lipinski definition) is 4. The van der Waals surface area contributed by atoms with Crippen LogP contribution >= 0.6 is 27.6 Å². The number of methoxy groups -OCH3 is 1. The van der Waals surface area contributed by atoms with Crippen molar-refractivity contribution in [2.24, 2.45) is 0 Å². The quantitative estimate of drug-likeness (QED) is 0.687. The van der Waals surface area contributed by atoms with Gasteiger partial charge in [0.2, 0.25) is 0 Å². The van der Waals surface area contributed by atoms with Crippen LogP contribution in [0.2, 0.25) is 0 Å². The first-order valence-corrected chi connectivity index (χ1v) is 10.5. The molecule has 0 aliphatic heterocycles. The molecule has 1 aliphatic carbocycles. The van der Waals surface area contributed by atoms with E-state index in [1.807, 2.05) is 27.6 Å². The second kappa shape index (κ2) is 11.0. The molecule has 3 nitrogen and oxygen atoms in total. The molecule has 0 spiro atoms. The Balaban J connectivity index is 0.00000109. The van der Waals surface area contributed by atoms with E-state index in [-0.39, 0.29) is 0 Å². The van der Waals surface area contributed by atoms with Crippen LogP contribution in [0.4, 0.5) is 0 Å². The van der Waals surface area contributed by atoms with E-state index in [4.69, 9.17) is 8.93 Å². The van der Waals surface area contributed by atoms with Gasteiger partial charge in [-0.05, 0) is 67.3 Å². The van der Waals surface area contributed by atoms with E-state index in [1.54, 1.807) is 7.11 Å². The number of thiophene rings is 1. The maximum atomic E-state index is 6.81. The Morgan fingerprint density at radius 2 is 2.08 bits per heavy atom. The lowest BCUT2D eigenvalue weighted by Gasteiger charge is -2.35. The van der Waals surface area contributed by atoms with Crippen molar-refractivity contribution >= 4 is 27.6 Å². The highest BCUT2D eigenvalue weighted by molar-refractivity contribution is 9.05. The third kappa shape index (κ3) is 5.55. The molecule has 0 unspecified atom stereocenters. The summed E-state index contributed by atoms with van der Waals surface area (Å²) >= 11 is 3.82. The lowest BCUT2D eigenvalue weighted by molar-refractivity contribution is 0.181. The molecule has 0 saturated heterocycles. The fourth-order valence-electron chi connectivity index (χ4n) is 3.73. The van der Waals surface area contributed by atoms with Crippen molar-refractivity contribution in [2.75, 3.05) is 20.2 Å². The van der Waals surface area contributed by atoms with Crippen LogP contribution < -0.4 is 4.74 Å². The minimum Gasteiger partial charge on any atom is -0.496 e. The summed E-state index contributed by atoms with van der Waals surface area (Å²) in [5.74, 6) is 1.07.